The van der Waals surface area contributed by atoms with Gasteiger partial charge in [0.1, 0.15) is 6.54 Å². The van der Waals surface area contributed by atoms with Gasteiger partial charge < -0.3 is 4.74 Å². The van der Waals surface area contributed by atoms with Crippen molar-refractivity contribution in [3.8, 4) is 0 Å². The second-order valence-electron chi connectivity index (χ2n) is 3.80. The number of hydrogen-bond acceptors (Lipinski definition) is 9. The van der Waals surface area contributed by atoms with Crippen molar-refractivity contribution in [1.82, 2.24) is 40.4 Å². The zero-order chi connectivity index (χ0) is 14.4. The molecule has 0 spiro atoms. The summed E-state index contributed by atoms with van der Waals surface area (Å²) in [6, 6.07) is 0. The first-order valence-electron chi connectivity index (χ1n) is 5.95. The fourth-order valence-corrected chi connectivity index (χ4v) is 2.24. The summed E-state index contributed by atoms with van der Waals surface area (Å²) in [7, 11) is 1.32. The second-order valence-corrected chi connectivity index (χ2v) is 4.74. The monoisotopic (exact) mass is 298 g/mol. The Labute approximate surface area is 118 Å². The number of thioether (sulfide) groups is 1. The molecular weight excluding hydrogens is 284 g/mol. The highest BCUT2D eigenvalue weighted by molar-refractivity contribution is 7.98. The van der Waals surface area contributed by atoms with E-state index in [1.54, 1.807) is 4.68 Å². The number of carbonyl (C=O) groups is 1. The predicted octanol–water partition coefficient (Wildman–Crippen LogP) is -0.465. The molecule has 2 rings (SSSR count). The van der Waals surface area contributed by atoms with Crippen LogP contribution in [0.25, 0.3) is 0 Å². The molecule has 10 nitrogen and oxygen atoms in total. The normalized spacial score (nSPS) is 10.7. The number of aromatic nitrogens is 8. The van der Waals surface area contributed by atoms with Crippen molar-refractivity contribution >= 4 is 17.7 Å². The third-order valence-corrected chi connectivity index (χ3v) is 3.33. The predicted molar refractivity (Wildman–Crippen MR) is 67.5 cm³/mol. The fraction of sp³-hybridized carbons (Fsp3) is 0.667. The van der Waals surface area contributed by atoms with Gasteiger partial charge in [-0.1, -0.05) is 18.7 Å². The van der Waals surface area contributed by atoms with Gasteiger partial charge in [0.25, 0.3) is 0 Å². The molecule has 0 fully saturated rings. The second kappa shape index (κ2) is 6.93. The number of nitrogens with zero attached hydrogens (tertiary/aromatic N) is 8. The molecule has 0 aliphatic heterocycles. The summed E-state index contributed by atoms with van der Waals surface area (Å²) in [6.07, 6.45) is 0.947. The summed E-state index contributed by atoms with van der Waals surface area (Å²) in [5.74, 6) is 0.855. The summed E-state index contributed by atoms with van der Waals surface area (Å²) in [6.45, 7) is 2.79. The van der Waals surface area contributed by atoms with Crippen LogP contribution in [0.1, 0.15) is 19.2 Å². The Kier molecular flexibility index (Phi) is 4.98. The third-order valence-electron chi connectivity index (χ3n) is 2.38. The maximum absolute atomic E-state index is 11.2. The van der Waals surface area contributed by atoms with Crippen LogP contribution < -0.4 is 0 Å². The van der Waals surface area contributed by atoms with Crippen LogP contribution in [0.2, 0.25) is 0 Å². The molecule has 2 aromatic rings. The number of hydrogen-bond donors (Lipinski definition) is 0. The molecular formula is C9H14N8O2S. The third kappa shape index (κ3) is 3.50. The Morgan fingerprint density at radius 2 is 2.00 bits per heavy atom. The van der Waals surface area contributed by atoms with Gasteiger partial charge in [-0.25, -0.2) is 9.36 Å². The van der Waals surface area contributed by atoms with Gasteiger partial charge in [0, 0.05) is 6.54 Å². The molecule has 2 aromatic heterocycles. The largest absolute Gasteiger partial charge is 0.468 e. The van der Waals surface area contributed by atoms with Crippen molar-refractivity contribution in [2.24, 2.45) is 0 Å². The van der Waals surface area contributed by atoms with Crippen molar-refractivity contribution in [2.45, 2.75) is 37.3 Å². The molecule has 20 heavy (non-hydrogen) atoms. The van der Waals surface area contributed by atoms with Crippen molar-refractivity contribution in [1.29, 1.82) is 0 Å². The number of rotatable bonds is 7. The van der Waals surface area contributed by atoms with E-state index < -0.39 is 5.97 Å². The first-order chi connectivity index (χ1) is 9.74. The van der Waals surface area contributed by atoms with Crippen LogP contribution in [0.15, 0.2) is 5.16 Å². The minimum Gasteiger partial charge on any atom is -0.468 e. The van der Waals surface area contributed by atoms with Gasteiger partial charge in [0.15, 0.2) is 5.82 Å². The quantitative estimate of drug-likeness (QED) is 0.494. The van der Waals surface area contributed by atoms with Crippen LogP contribution in [-0.2, 0) is 28.4 Å². The summed E-state index contributed by atoms with van der Waals surface area (Å²) in [5, 5.41) is 23.1. The number of tetrazole rings is 2. The number of ether oxygens (including phenoxy) is 1. The molecule has 0 aromatic carbocycles. The summed E-state index contributed by atoms with van der Waals surface area (Å²) in [4.78, 5) is 11.2. The lowest BCUT2D eigenvalue weighted by atomic mass is 10.5. The zero-order valence-corrected chi connectivity index (χ0v) is 11.9. The highest BCUT2D eigenvalue weighted by atomic mass is 32.2. The lowest BCUT2D eigenvalue weighted by Crippen LogP contribution is -2.14. The van der Waals surface area contributed by atoms with E-state index in [0.29, 0.717) is 10.9 Å². The molecule has 0 radical (unpaired) electrons. The Balaban J connectivity index is 1.98. The smallest absolute Gasteiger partial charge is 0.327 e. The summed E-state index contributed by atoms with van der Waals surface area (Å²) < 4.78 is 7.70. The van der Waals surface area contributed by atoms with Gasteiger partial charge >= 0.3 is 5.97 Å². The van der Waals surface area contributed by atoms with E-state index in [1.165, 1.54) is 23.6 Å². The average molecular weight is 298 g/mol. The number of carbonyl (C=O) groups excluding carboxylic acids is 1. The molecule has 2 heterocycles. The molecule has 0 atom stereocenters. The van der Waals surface area contributed by atoms with Gasteiger partial charge in [-0.3, -0.25) is 4.79 Å². The lowest BCUT2D eigenvalue weighted by molar-refractivity contribution is -0.141. The Bertz CT molecular complexity index is 568. The SMILES string of the molecule is CCCn1nnnc1CSc1nnnn1CC(=O)OC. The average Bonchev–Trinajstić information content (AvgIpc) is 3.06. The molecule has 0 amide bonds. The molecule has 0 saturated carbocycles. The molecule has 108 valence electrons. The van der Waals surface area contributed by atoms with Crippen molar-refractivity contribution in [3.63, 3.8) is 0 Å². The highest BCUT2D eigenvalue weighted by Gasteiger charge is 2.13. The molecule has 0 N–H and O–H groups in total. The molecule has 0 saturated heterocycles. The first-order valence-corrected chi connectivity index (χ1v) is 6.94. The maximum Gasteiger partial charge on any atom is 0.327 e. The topological polar surface area (TPSA) is 113 Å². The summed E-state index contributed by atoms with van der Waals surface area (Å²) in [5.41, 5.74) is 0. The van der Waals surface area contributed by atoms with Crippen LogP contribution in [-0.4, -0.2) is 53.5 Å². The highest BCUT2D eigenvalue weighted by Crippen LogP contribution is 2.18. The van der Waals surface area contributed by atoms with Crippen LogP contribution in [0.5, 0.6) is 0 Å². The number of aryl methyl sites for hydroxylation is 1. The van der Waals surface area contributed by atoms with E-state index in [-0.39, 0.29) is 6.54 Å². The maximum atomic E-state index is 11.2. The standard InChI is InChI=1S/C9H14N8O2S/c1-3-4-16-7(10-12-14-16)6-20-9-11-13-15-17(9)5-8(18)19-2/h3-6H2,1-2H3. The van der Waals surface area contributed by atoms with Gasteiger partial charge in [0.05, 0.1) is 12.9 Å². The van der Waals surface area contributed by atoms with Crippen molar-refractivity contribution in [3.05, 3.63) is 5.82 Å². The van der Waals surface area contributed by atoms with Crippen molar-refractivity contribution in [2.75, 3.05) is 7.11 Å². The molecule has 11 heteroatoms. The lowest BCUT2D eigenvalue weighted by Gasteiger charge is -2.03. The van der Waals surface area contributed by atoms with Crippen LogP contribution in [0, 0.1) is 0 Å². The fourth-order valence-electron chi connectivity index (χ4n) is 1.43. The van der Waals surface area contributed by atoms with E-state index in [4.69, 9.17) is 0 Å². The van der Waals surface area contributed by atoms with E-state index in [0.717, 1.165) is 18.8 Å². The zero-order valence-electron chi connectivity index (χ0n) is 11.1. The molecule has 0 aliphatic carbocycles. The molecule has 0 aliphatic rings. The first kappa shape index (κ1) is 14.4. The van der Waals surface area contributed by atoms with E-state index >= 15 is 0 Å². The number of methoxy groups -OCH3 is 1. The number of esters is 1. The van der Waals surface area contributed by atoms with Crippen molar-refractivity contribution < 1.29 is 9.53 Å². The van der Waals surface area contributed by atoms with Gasteiger partial charge in [-0.05, 0) is 27.3 Å². The molecule has 0 bridgehead atoms. The summed E-state index contributed by atoms with van der Waals surface area (Å²) >= 11 is 1.36. The van der Waals surface area contributed by atoms with Crippen LogP contribution >= 0.6 is 11.8 Å². The van der Waals surface area contributed by atoms with Crippen LogP contribution in [0.3, 0.4) is 0 Å². The van der Waals surface area contributed by atoms with E-state index in [9.17, 15) is 4.79 Å². The van der Waals surface area contributed by atoms with E-state index in [2.05, 4.69) is 42.7 Å². The minimum atomic E-state index is -0.407. The van der Waals surface area contributed by atoms with E-state index in [1.807, 2.05) is 0 Å². The Morgan fingerprint density at radius 1 is 1.25 bits per heavy atom. The van der Waals surface area contributed by atoms with Crippen LogP contribution in [0.4, 0.5) is 0 Å². The Hall–Kier alpha value is -2.04. The van der Waals surface area contributed by atoms with Gasteiger partial charge in [0.2, 0.25) is 5.16 Å². The Morgan fingerprint density at radius 3 is 2.75 bits per heavy atom. The minimum absolute atomic E-state index is 0.0221. The van der Waals surface area contributed by atoms with Gasteiger partial charge in [-0.2, -0.15) is 0 Å². The molecule has 0 unspecified atom stereocenters. The van der Waals surface area contributed by atoms with Gasteiger partial charge in [-0.15, -0.1) is 10.2 Å².